The molecule has 1 amide bonds. The Kier molecular flexibility index (Phi) is 4.51. The third kappa shape index (κ3) is 3.07. The maximum absolute atomic E-state index is 13.2. The van der Waals surface area contributed by atoms with E-state index in [0.717, 1.165) is 24.0 Å². The molecule has 0 radical (unpaired) electrons. The fourth-order valence-electron chi connectivity index (χ4n) is 6.45. The first-order valence-electron chi connectivity index (χ1n) is 10.5. The zero-order valence-electron chi connectivity index (χ0n) is 15.9. The Morgan fingerprint density at radius 1 is 1.00 bits per heavy atom. The maximum atomic E-state index is 13.2. The number of hydrogen-bond acceptors (Lipinski definition) is 3. The molecular weight excluding hydrogens is 379 g/mol. The van der Waals surface area contributed by atoms with Crippen LogP contribution in [0, 0.1) is 29.5 Å². The number of sulfonamides is 1. The summed E-state index contributed by atoms with van der Waals surface area (Å²) < 4.78 is 40.5. The molecule has 152 valence electrons. The van der Waals surface area contributed by atoms with Crippen molar-refractivity contribution in [2.75, 3.05) is 6.54 Å². The van der Waals surface area contributed by atoms with E-state index in [0.29, 0.717) is 31.2 Å². The molecule has 4 bridgehead atoms. The summed E-state index contributed by atoms with van der Waals surface area (Å²) in [7, 11) is -3.80. The highest BCUT2D eigenvalue weighted by Gasteiger charge is 2.49. The highest BCUT2D eigenvalue weighted by molar-refractivity contribution is 7.89. The fourth-order valence-corrected chi connectivity index (χ4v) is 8.11. The van der Waals surface area contributed by atoms with Gasteiger partial charge in [-0.15, -0.1) is 0 Å². The lowest BCUT2D eigenvalue weighted by Crippen LogP contribution is -2.58. The van der Waals surface area contributed by atoms with Crippen LogP contribution in [0.5, 0.6) is 0 Å². The van der Waals surface area contributed by atoms with E-state index in [4.69, 9.17) is 0 Å². The van der Waals surface area contributed by atoms with E-state index in [1.54, 1.807) is 0 Å². The van der Waals surface area contributed by atoms with Gasteiger partial charge < -0.3 is 5.32 Å². The second kappa shape index (κ2) is 6.80. The molecule has 0 unspecified atom stereocenters. The van der Waals surface area contributed by atoms with Crippen LogP contribution < -0.4 is 5.32 Å². The molecule has 0 spiro atoms. The molecule has 1 saturated heterocycles. The van der Waals surface area contributed by atoms with Crippen LogP contribution in [0.3, 0.4) is 0 Å². The second-order valence-corrected chi connectivity index (χ2v) is 11.1. The van der Waals surface area contributed by atoms with Crippen LogP contribution >= 0.6 is 0 Å². The Hall–Kier alpha value is -1.47. The van der Waals surface area contributed by atoms with E-state index in [1.165, 1.54) is 48.5 Å². The number of hydrogen-bond donors (Lipinski definition) is 1. The van der Waals surface area contributed by atoms with Crippen molar-refractivity contribution in [3.05, 3.63) is 30.1 Å². The van der Waals surface area contributed by atoms with Gasteiger partial charge in [-0.05, 0) is 92.9 Å². The van der Waals surface area contributed by atoms with Gasteiger partial charge in [0.2, 0.25) is 15.9 Å². The summed E-state index contributed by atoms with van der Waals surface area (Å²) in [6.07, 6.45) is 7.40. The van der Waals surface area contributed by atoms with Crippen molar-refractivity contribution in [3.8, 4) is 0 Å². The molecule has 1 aliphatic heterocycles. The quantitative estimate of drug-likeness (QED) is 0.836. The number of amides is 1. The second-order valence-electron chi connectivity index (χ2n) is 9.19. The molecule has 0 aromatic heterocycles. The van der Waals surface area contributed by atoms with E-state index in [9.17, 15) is 17.6 Å². The Morgan fingerprint density at radius 2 is 1.61 bits per heavy atom. The molecule has 5 nitrogen and oxygen atoms in total. The number of carbonyl (C=O) groups excluding carboxylic acids is 1. The summed E-state index contributed by atoms with van der Waals surface area (Å²) in [4.78, 5) is 13.1. The monoisotopic (exact) mass is 406 g/mol. The van der Waals surface area contributed by atoms with Gasteiger partial charge in [-0.25, -0.2) is 12.8 Å². The van der Waals surface area contributed by atoms with Crippen molar-refractivity contribution in [3.63, 3.8) is 0 Å². The van der Waals surface area contributed by atoms with Crippen molar-refractivity contribution >= 4 is 15.9 Å². The highest BCUT2D eigenvalue weighted by atomic mass is 32.2. The van der Waals surface area contributed by atoms with Crippen LogP contribution in [0.4, 0.5) is 4.39 Å². The Balaban J connectivity index is 1.32. The van der Waals surface area contributed by atoms with Crippen molar-refractivity contribution in [1.82, 2.24) is 9.62 Å². The smallest absolute Gasteiger partial charge is 0.243 e. The Bertz CT molecular complexity index is 842. The topological polar surface area (TPSA) is 66.5 Å². The van der Waals surface area contributed by atoms with E-state index < -0.39 is 21.9 Å². The zero-order valence-corrected chi connectivity index (χ0v) is 16.7. The van der Waals surface area contributed by atoms with Gasteiger partial charge >= 0.3 is 0 Å². The summed E-state index contributed by atoms with van der Waals surface area (Å²) in [5.41, 5.74) is 0. The Morgan fingerprint density at radius 3 is 2.21 bits per heavy atom. The molecule has 4 saturated carbocycles. The standard InChI is InChI=1S/C21H27FN2O3S/c22-17-3-5-18(6-4-17)28(26,27)24-7-1-2-19(24)21(25)23-20-15-9-13-8-14(11-15)12-16(20)10-13/h3-6,13-16,19-20H,1-2,7-12H2,(H,23,25)/t13?,14?,15?,16?,19-,20?/m1/s1. The van der Waals surface area contributed by atoms with Crippen molar-refractivity contribution in [2.24, 2.45) is 23.7 Å². The van der Waals surface area contributed by atoms with Crippen molar-refractivity contribution in [2.45, 2.75) is 61.9 Å². The van der Waals surface area contributed by atoms with Crippen molar-refractivity contribution < 1.29 is 17.6 Å². The summed E-state index contributed by atoms with van der Waals surface area (Å²) >= 11 is 0. The van der Waals surface area contributed by atoms with Gasteiger partial charge in [0.05, 0.1) is 4.90 Å². The normalized spacial score (nSPS) is 37.3. The summed E-state index contributed by atoms with van der Waals surface area (Å²) in [6.45, 7) is 0.333. The average molecular weight is 407 g/mol. The van der Waals surface area contributed by atoms with Crippen LogP contribution in [0.15, 0.2) is 29.2 Å². The summed E-state index contributed by atoms with van der Waals surface area (Å²) in [5, 5.41) is 3.26. The predicted octanol–water partition coefficient (Wildman–Crippen LogP) is 2.92. The van der Waals surface area contributed by atoms with Gasteiger partial charge in [-0.3, -0.25) is 4.79 Å². The number of rotatable bonds is 4. The molecule has 28 heavy (non-hydrogen) atoms. The first kappa shape index (κ1) is 18.6. The number of halogens is 1. The number of benzene rings is 1. The molecule has 1 atom stereocenters. The first-order chi connectivity index (χ1) is 13.4. The molecular formula is C21H27FN2O3S. The molecule has 5 aliphatic rings. The lowest BCUT2D eigenvalue weighted by Gasteiger charge is -2.54. The van der Waals surface area contributed by atoms with Crippen LogP contribution in [0.2, 0.25) is 0 Å². The fraction of sp³-hybridized carbons (Fsp3) is 0.667. The third-order valence-electron chi connectivity index (χ3n) is 7.46. The van der Waals surface area contributed by atoms with Crippen LogP contribution in [-0.4, -0.2) is 37.3 Å². The minimum absolute atomic E-state index is 0.0447. The van der Waals surface area contributed by atoms with Gasteiger partial charge in [-0.1, -0.05) is 0 Å². The highest BCUT2D eigenvalue weighted by Crippen LogP contribution is 2.53. The van der Waals surface area contributed by atoms with Crippen LogP contribution in [-0.2, 0) is 14.8 Å². The zero-order chi connectivity index (χ0) is 19.5. The van der Waals surface area contributed by atoms with Gasteiger partial charge in [0.25, 0.3) is 0 Å². The van der Waals surface area contributed by atoms with E-state index in [2.05, 4.69) is 5.32 Å². The Labute approximate surface area is 165 Å². The number of nitrogens with one attached hydrogen (secondary N) is 1. The summed E-state index contributed by atoms with van der Waals surface area (Å²) in [5.74, 6) is 2.15. The SMILES string of the molecule is O=C(NC1C2CC3CC(C2)CC1C3)[C@H]1CCCN1S(=O)(=O)c1ccc(F)cc1. The minimum Gasteiger partial charge on any atom is -0.351 e. The van der Waals surface area contributed by atoms with E-state index >= 15 is 0 Å². The molecule has 7 heteroatoms. The first-order valence-corrected chi connectivity index (χ1v) is 11.9. The van der Waals surface area contributed by atoms with Gasteiger partial charge in [0.1, 0.15) is 11.9 Å². The number of carbonyl (C=O) groups is 1. The van der Waals surface area contributed by atoms with Crippen LogP contribution in [0.1, 0.15) is 44.9 Å². The predicted molar refractivity (Wildman–Crippen MR) is 102 cm³/mol. The van der Waals surface area contributed by atoms with Gasteiger partial charge in [0, 0.05) is 12.6 Å². The number of nitrogens with zero attached hydrogens (tertiary/aromatic N) is 1. The van der Waals surface area contributed by atoms with E-state index in [1.807, 2.05) is 0 Å². The molecule has 1 aromatic carbocycles. The van der Waals surface area contributed by atoms with Crippen molar-refractivity contribution in [1.29, 1.82) is 0 Å². The largest absolute Gasteiger partial charge is 0.351 e. The van der Waals surface area contributed by atoms with Gasteiger partial charge in [0.15, 0.2) is 0 Å². The molecule has 1 aromatic rings. The molecule has 1 N–H and O–H groups in total. The maximum Gasteiger partial charge on any atom is 0.243 e. The molecule has 6 rings (SSSR count). The average Bonchev–Trinajstić information content (AvgIpc) is 3.15. The van der Waals surface area contributed by atoms with Crippen LogP contribution in [0.25, 0.3) is 0 Å². The third-order valence-corrected chi connectivity index (χ3v) is 9.38. The minimum atomic E-state index is -3.80. The lowest BCUT2D eigenvalue weighted by molar-refractivity contribution is -0.128. The molecule has 1 heterocycles. The lowest BCUT2D eigenvalue weighted by atomic mass is 9.54. The molecule has 5 fully saturated rings. The summed E-state index contributed by atoms with van der Waals surface area (Å²) in [6, 6.07) is 4.38. The molecule has 4 aliphatic carbocycles. The van der Waals surface area contributed by atoms with Gasteiger partial charge in [-0.2, -0.15) is 4.31 Å². The van der Waals surface area contributed by atoms with E-state index in [-0.39, 0.29) is 16.8 Å².